The van der Waals surface area contributed by atoms with E-state index in [1.807, 2.05) is 17.9 Å². The van der Waals surface area contributed by atoms with Gasteiger partial charge in [-0.3, -0.25) is 4.79 Å². The summed E-state index contributed by atoms with van der Waals surface area (Å²) in [4.78, 5) is 15.1. The van der Waals surface area contributed by atoms with Gasteiger partial charge in [-0.25, -0.2) is 8.42 Å². The van der Waals surface area contributed by atoms with Gasteiger partial charge in [0.05, 0.1) is 4.90 Å². The predicted octanol–water partition coefficient (Wildman–Crippen LogP) is 4.38. The maximum Gasteiger partial charge on any atom is 0.241 e. The second kappa shape index (κ2) is 10.6. The quantitative estimate of drug-likeness (QED) is 0.594. The van der Waals surface area contributed by atoms with E-state index in [0.29, 0.717) is 25.4 Å². The number of hydrogen-bond acceptors (Lipinski definition) is 3. The molecule has 0 saturated carbocycles. The summed E-state index contributed by atoms with van der Waals surface area (Å²) in [6, 6.07) is 16.1. The standard InChI is InChI=1S/C23H29BrN2O3S/c1-2-6-22(25-30(28,29)21-11-9-20(24)10-12-21)23(27)26-15-13-19(14-16-26)17-18-7-4-3-5-8-18/h3-5,7-12,19,22,25H,2,6,13-17H2,1H3. The Hall–Kier alpha value is -1.70. The van der Waals surface area contributed by atoms with Gasteiger partial charge in [0.15, 0.2) is 0 Å². The number of carbonyl (C=O) groups is 1. The molecule has 162 valence electrons. The second-order valence-electron chi connectivity index (χ2n) is 7.87. The summed E-state index contributed by atoms with van der Waals surface area (Å²) >= 11 is 3.31. The summed E-state index contributed by atoms with van der Waals surface area (Å²) in [5, 5.41) is 0. The summed E-state index contributed by atoms with van der Waals surface area (Å²) in [7, 11) is -3.75. The van der Waals surface area contributed by atoms with E-state index in [-0.39, 0.29) is 10.8 Å². The highest BCUT2D eigenvalue weighted by Gasteiger charge is 2.31. The predicted molar refractivity (Wildman–Crippen MR) is 123 cm³/mol. The van der Waals surface area contributed by atoms with Crippen LogP contribution in [0.5, 0.6) is 0 Å². The highest BCUT2D eigenvalue weighted by Crippen LogP contribution is 2.23. The van der Waals surface area contributed by atoms with E-state index in [9.17, 15) is 13.2 Å². The summed E-state index contributed by atoms with van der Waals surface area (Å²) in [5.74, 6) is 0.441. The molecular formula is C23H29BrN2O3S. The number of nitrogens with one attached hydrogen (secondary N) is 1. The van der Waals surface area contributed by atoms with E-state index in [2.05, 4.69) is 44.9 Å². The molecule has 0 bridgehead atoms. The lowest BCUT2D eigenvalue weighted by atomic mass is 9.90. The Bertz CT molecular complexity index is 925. The molecule has 3 rings (SSSR count). The molecule has 1 atom stereocenters. The van der Waals surface area contributed by atoms with E-state index in [4.69, 9.17) is 0 Å². The second-order valence-corrected chi connectivity index (χ2v) is 10.5. The minimum absolute atomic E-state index is 0.115. The van der Waals surface area contributed by atoms with Crippen LogP contribution in [-0.2, 0) is 21.2 Å². The van der Waals surface area contributed by atoms with Crippen LogP contribution >= 0.6 is 15.9 Å². The van der Waals surface area contributed by atoms with Crippen LogP contribution in [-0.4, -0.2) is 38.4 Å². The molecule has 1 fully saturated rings. The Morgan fingerprint density at radius 1 is 1.10 bits per heavy atom. The lowest BCUT2D eigenvalue weighted by Gasteiger charge is -2.34. The van der Waals surface area contributed by atoms with Crippen LogP contribution < -0.4 is 4.72 Å². The van der Waals surface area contributed by atoms with Crippen molar-refractivity contribution in [2.24, 2.45) is 5.92 Å². The zero-order chi connectivity index (χ0) is 21.6. The Morgan fingerprint density at radius 2 is 1.73 bits per heavy atom. The molecule has 2 aromatic carbocycles. The van der Waals surface area contributed by atoms with Crippen LogP contribution in [0.3, 0.4) is 0 Å². The number of hydrogen-bond donors (Lipinski definition) is 1. The summed E-state index contributed by atoms with van der Waals surface area (Å²) < 4.78 is 29.0. The van der Waals surface area contributed by atoms with Crippen molar-refractivity contribution in [3.05, 3.63) is 64.6 Å². The SMILES string of the molecule is CCCC(NS(=O)(=O)c1ccc(Br)cc1)C(=O)N1CCC(Cc2ccccc2)CC1. The molecule has 0 radical (unpaired) electrons. The number of carbonyl (C=O) groups excluding carboxylic acids is 1. The molecule has 1 aliphatic rings. The molecule has 1 unspecified atom stereocenters. The van der Waals surface area contributed by atoms with Crippen molar-refractivity contribution in [1.82, 2.24) is 9.62 Å². The lowest BCUT2D eigenvalue weighted by molar-refractivity contribution is -0.134. The smallest absolute Gasteiger partial charge is 0.241 e. The average molecular weight is 493 g/mol. The van der Waals surface area contributed by atoms with Gasteiger partial charge in [-0.1, -0.05) is 59.6 Å². The molecule has 0 aromatic heterocycles. The minimum Gasteiger partial charge on any atom is -0.341 e. The Morgan fingerprint density at radius 3 is 2.33 bits per heavy atom. The molecule has 0 aliphatic carbocycles. The Balaban J connectivity index is 1.61. The van der Waals surface area contributed by atoms with E-state index in [0.717, 1.165) is 30.2 Å². The van der Waals surface area contributed by atoms with Gasteiger partial charge in [0.1, 0.15) is 6.04 Å². The third-order valence-electron chi connectivity index (χ3n) is 5.59. The maximum atomic E-state index is 13.1. The molecule has 30 heavy (non-hydrogen) atoms. The molecule has 1 saturated heterocycles. The van der Waals surface area contributed by atoms with Crippen LogP contribution in [0.25, 0.3) is 0 Å². The van der Waals surface area contributed by atoms with Crippen molar-refractivity contribution in [1.29, 1.82) is 0 Å². The first kappa shape index (κ1) is 23.0. The molecule has 5 nitrogen and oxygen atoms in total. The van der Waals surface area contributed by atoms with Gasteiger partial charge in [-0.2, -0.15) is 4.72 Å². The summed E-state index contributed by atoms with van der Waals surface area (Å²) in [5.41, 5.74) is 1.33. The van der Waals surface area contributed by atoms with Crippen molar-refractivity contribution in [3.8, 4) is 0 Å². The lowest BCUT2D eigenvalue weighted by Crippen LogP contribution is -2.50. The molecule has 1 N–H and O–H groups in total. The monoisotopic (exact) mass is 492 g/mol. The van der Waals surface area contributed by atoms with Crippen molar-refractivity contribution in [2.75, 3.05) is 13.1 Å². The first-order valence-corrected chi connectivity index (χ1v) is 12.8. The van der Waals surface area contributed by atoms with E-state index in [1.165, 1.54) is 17.7 Å². The van der Waals surface area contributed by atoms with Crippen LogP contribution in [0, 0.1) is 5.92 Å². The molecule has 1 aliphatic heterocycles. The van der Waals surface area contributed by atoms with E-state index < -0.39 is 16.1 Å². The fourth-order valence-electron chi connectivity index (χ4n) is 3.92. The zero-order valence-electron chi connectivity index (χ0n) is 17.3. The number of likely N-dealkylation sites (tertiary alicyclic amines) is 1. The maximum absolute atomic E-state index is 13.1. The fraction of sp³-hybridized carbons (Fsp3) is 0.435. The molecule has 1 amide bonds. The van der Waals surface area contributed by atoms with Gasteiger partial charge in [-0.15, -0.1) is 0 Å². The summed E-state index contributed by atoms with van der Waals surface area (Å²) in [6.07, 6.45) is 4.12. The van der Waals surface area contributed by atoms with Crippen LogP contribution in [0.1, 0.15) is 38.2 Å². The fourth-order valence-corrected chi connectivity index (χ4v) is 5.40. The largest absolute Gasteiger partial charge is 0.341 e. The normalized spacial score (nSPS) is 16.4. The topological polar surface area (TPSA) is 66.5 Å². The average Bonchev–Trinajstić information content (AvgIpc) is 2.74. The minimum atomic E-state index is -3.75. The first-order chi connectivity index (χ1) is 14.4. The van der Waals surface area contributed by atoms with Crippen molar-refractivity contribution in [3.63, 3.8) is 0 Å². The molecule has 2 aromatic rings. The van der Waals surface area contributed by atoms with E-state index in [1.54, 1.807) is 12.1 Å². The van der Waals surface area contributed by atoms with Crippen LogP contribution in [0.15, 0.2) is 64.0 Å². The molecule has 7 heteroatoms. The van der Waals surface area contributed by atoms with Gasteiger partial charge >= 0.3 is 0 Å². The van der Waals surface area contributed by atoms with Crippen molar-refractivity contribution < 1.29 is 13.2 Å². The molecule has 0 spiro atoms. The molecule has 1 heterocycles. The van der Waals surface area contributed by atoms with Gasteiger partial charge in [0, 0.05) is 17.6 Å². The number of benzene rings is 2. The zero-order valence-corrected chi connectivity index (χ0v) is 19.7. The Kier molecular flexibility index (Phi) is 8.08. The number of nitrogens with zero attached hydrogens (tertiary/aromatic N) is 1. The number of sulfonamides is 1. The number of amides is 1. The first-order valence-electron chi connectivity index (χ1n) is 10.5. The van der Waals surface area contributed by atoms with Crippen LogP contribution in [0.2, 0.25) is 0 Å². The molecular weight excluding hydrogens is 464 g/mol. The van der Waals surface area contributed by atoms with Crippen molar-refractivity contribution >= 4 is 31.9 Å². The van der Waals surface area contributed by atoms with Crippen molar-refractivity contribution in [2.45, 2.75) is 50.0 Å². The van der Waals surface area contributed by atoms with Crippen LogP contribution in [0.4, 0.5) is 0 Å². The third-order valence-corrected chi connectivity index (χ3v) is 7.61. The Labute approximate surface area is 188 Å². The highest BCUT2D eigenvalue weighted by molar-refractivity contribution is 9.10. The van der Waals surface area contributed by atoms with E-state index >= 15 is 0 Å². The van der Waals surface area contributed by atoms with Gasteiger partial charge < -0.3 is 4.90 Å². The number of halogens is 1. The number of rotatable bonds is 8. The third kappa shape index (κ3) is 6.15. The number of piperidine rings is 1. The van der Waals surface area contributed by atoms with Gasteiger partial charge in [0.25, 0.3) is 0 Å². The van der Waals surface area contributed by atoms with Gasteiger partial charge in [-0.05, 0) is 61.4 Å². The highest BCUT2D eigenvalue weighted by atomic mass is 79.9. The summed E-state index contributed by atoms with van der Waals surface area (Å²) in [6.45, 7) is 3.31. The van der Waals surface area contributed by atoms with Gasteiger partial charge in [0.2, 0.25) is 15.9 Å².